The van der Waals surface area contributed by atoms with Gasteiger partial charge < -0.3 is 15.0 Å². The lowest BCUT2D eigenvalue weighted by Gasteiger charge is -2.15. The summed E-state index contributed by atoms with van der Waals surface area (Å²) in [6.07, 6.45) is -0.495. The van der Waals surface area contributed by atoms with E-state index in [4.69, 9.17) is 0 Å². The molecule has 0 aliphatic carbocycles. The molecule has 90 valence electrons. The number of aliphatic hydroxyl groups excluding tert-OH is 1. The van der Waals surface area contributed by atoms with Crippen molar-refractivity contribution in [1.82, 2.24) is 9.88 Å². The molecule has 1 rings (SSSR count). The van der Waals surface area contributed by atoms with Gasteiger partial charge >= 0.3 is 0 Å². The van der Waals surface area contributed by atoms with Gasteiger partial charge in [-0.25, -0.2) is 0 Å². The van der Waals surface area contributed by atoms with Gasteiger partial charge in [-0.2, -0.15) is 0 Å². The number of aryl methyl sites for hydroxylation is 1. The SMILES string of the molecule is Cc1ccc(C(=O)NCC(O)C(C)C)n1C. The standard InChI is InChI=1S/C12H20N2O2/c1-8(2)11(15)7-13-12(16)10-6-5-9(3)14(10)4/h5-6,8,11,15H,7H2,1-4H3,(H,13,16). The van der Waals surface area contributed by atoms with E-state index in [9.17, 15) is 9.90 Å². The second kappa shape index (κ2) is 5.16. The van der Waals surface area contributed by atoms with E-state index in [1.807, 2.05) is 38.5 Å². The van der Waals surface area contributed by atoms with Crippen molar-refractivity contribution in [3.63, 3.8) is 0 Å². The summed E-state index contributed by atoms with van der Waals surface area (Å²) in [4.78, 5) is 11.8. The first-order valence-electron chi connectivity index (χ1n) is 5.52. The van der Waals surface area contributed by atoms with Gasteiger partial charge in [0.25, 0.3) is 5.91 Å². The number of nitrogens with zero attached hydrogens (tertiary/aromatic N) is 1. The number of rotatable bonds is 4. The van der Waals surface area contributed by atoms with Crippen LogP contribution in [-0.4, -0.2) is 28.2 Å². The predicted octanol–water partition coefficient (Wildman–Crippen LogP) is 1.08. The van der Waals surface area contributed by atoms with Crippen LogP contribution < -0.4 is 5.32 Å². The Balaban J connectivity index is 2.57. The highest BCUT2D eigenvalue weighted by Crippen LogP contribution is 2.06. The van der Waals surface area contributed by atoms with Gasteiger partial charge in [-0.3, -0.25) is 4.79 Å². The highest BCUT2D eigenvalue weighted by atomic mass is 16.3. The summed E-state index contributed by atoms with van der Waals surface area (Å²) in [5.74, 6) is 0.00532. The van der Waals surface area contributed by atoms with Crippen LogP contribution in [0.5, 0.6) is 0 Å². The van der Waals surface area contributed by atoms with E-state index in [1.54, 1.807) is 6.07 Å². The molecule has 0 bridgehead atoms. The lowest BCUT2D eigenvalue weighted by Crippen LogP contribution is -2.35. The summed E-state index contributed by atoms with van der Waals surface area (Å²) in [6.45, 7) is 6.08. The molecule has 4 nitrogen and oxygen atoms in total. The maximum Gasteiger partial charge on any atom is 0.267 e. The van der Waals surface area contributed by atoms with Crippen molar-refractivity contribution in [3.8, 4) is 0 Å². The van der Waals surface area contributed by atoms with Gasteiger partial charge in [0.2, 0.25) is 0 Å². The fourth-order valence-electron chi connectivity index (χ4n) is 1.36. The minimum atomic E-state index is -0.495. The van der Waals surface area contributed by atoms with Crippen LogP contribution in [-0.2, 0) is 7.05 Å². The highest BCUT2D eigenvalue weighted by Gasteiger charge is 2.14. The van der Waals surface area contributed by atoms with Crippen LogP contribution in [0, 0.1) is 12.8 Å². The van der Waals surface area contributed by atoms with Crippen LogP contribution in [0.3, 0.4) is 0 Å². The number of aromatic nitrogens is 1. The minimum Gasteiger partial charge on any atom is -0.391 e. The fourth-order valence-corrected chi connectivity index (χ4v) is 1.36. The normalized spacial score (nSPS) is 12.9. The van der Waals surface area contributed by atoms with Crippen LogP contribution in [0.2, 0.25) is 0 Å². The summed E-state index contributed by atoms with van der Waals surface area (Å²) >= 11 is 0. The Morgan fingerprint density at radius 3 is 2.56 bits per heavy atom. The number of carbonyl (C=O) groups is 1. The molecule has 1 heterocycles. The zero-order valence-corrected chi connectivity index (χ0v) is 10.3. The van der Waals surface area contributed by atoms with E-state index in [1.165, 1.54) is 0 Å². The van der Waals surface area contributed by atoms with Gasteiger partial charge in [-0.05, 0) is 25.0 Å². The van der Waals surface area contributed by atoms with Crippen molar-refractivity contribution < 1.29 is 9.90 Å². The maximum absolute atomic E-state index is 11.8. The first-order chi connectivity index (χ1) is 7.43. The fraction of sp³-hybridized carbons (Fsp3) is 0.583. The molecule has 0 spiro atoms. The number of amides is 1. The molecule has 0 saturated heterocycles. The van der Waals surface area contributed by atoms with Crippen LogP contribution >= 0.6 is 0 Å². The molecule has 1 amide bonds. The molecule has 0 radical (unpaired) electrons. The van der Waals surface area contributed by atoms with E-state index >= 15 is 0 Å². The summed E-state index contributed by atoms with van der Waals surface area (Å²) in [5.41, 5.74) is 1.66. The number of nitrogens with one attached hydrogen (secondary N) is 1. The molecule has 0 fully saturated rings. The molecule has 0 aliphatic rings. The van der Waals surface area contributed by atoms with Crippen molar-refractivity contribution in [2.45, 2.75) is 26.9 Å². The molecular formula is C12H20N2O2. The van der Waals surface area contributed by atoms with Crippen molar-refractivity contribution in [3.05, 3.63) is 23.5 Å². The van der Waals surface area contributed by atoms with Crippen molar-refractivity contribution in [2.24, 2.45) is 13.0 Å². The summed E-state index contributed by atoms with van der Waals surface area (Å²) in [6, 6.07) is 3.68. The first-order valence-corrected chi connectivity index (χ1v) is 5.52. The average molecular weight is 224 g/mol. The van der Waals surface area contributed by atoms with E-state index in [0.717, 1.165) is 5.69 Å². The highest BCUT2D eigenvalue weighted by molar-refractivity contribution is 5.92. The molecule has 0 aliphatic heterocycles. The van der Waals surface area contributed by atoms with E-state index in [2.05, 4.69) is 5.32 Å². The third kappa shape index (κ3) is 2.85. The Hall–Kier alpha value is -1.29. The van der Waals surface area contributed by atoms with Crippen LogP contribution in [0.1, 0.15) is 30.0 Å². The molecule has 0 saturated carbocycles. The maximum atomic E-state index is 11.8. The van der Waals surface area contributed by atoms with E-state index in [0.29, 0.717) is 12.2 Å². The van der Waals surface area contributed by atoms with Crippen LogP contribution in [0.15, 0.2) is 12.1 Å². The molecule has 1 unspecified atom stereocenters. The summed E-state index contributed by atoms with van der Waals surface area (Å²) in [7, 11) is 1.85. The number of hydrogen-bond acceptors (Lipinski definition) is 2. The van der Waals surface area contributed by atoms with Crippen LogP contribution in [0.4, 0.5) is 0 Å². The Bertz CT molecular complexity index is 369. The Morgan fingerprint density at radius 1 is 1.50 bits per heavy atom. The molecule has 2 N–H and O–H groups in total. The monoisotopic (exact) mass is 224 g/mol. The second-order valence-corrected chi connectivity index (χ2v) is 4.44. The smallest absolute Gasteiger partial charge is 0.267 e. The number of aliphatic hydroxyl groups is 1. The number of carbonyl (C=O) groups excluding carboxylic acids is 1. The van der Waals surface area contributed by atoms with Crippen molar-refractivity contribution in [2.75, 3.05) is 6.54 Å². The molecule has 16 heavy (non-hydrogen) atoms. The third-order valence-corrected chi connectivity index (χ3v) is 2.85. The predicted molar refractivity (Wildman–Crippen MR) is 63.3 cm³/mol. The second-order valence-electron chi connectivity index (χ2n) is 4.44. The molecule has 1 aromatic heterocycles. The van der Waals surface area contributed by atoms with Gasteiger partial charge in [-0.15, -0.1) is 0 Å². The number of hydrogen-bond donors (Lipinski definition) is 2. The Kier molecular flexibility index (Phi) is 4.12. The van der Waals surface area contributed by atoms with Crippen LogP contribution in [0.25, 0.3) is 0 Å². The molecule has 1 atom stereocenters. The topological polar surface area (TPSA) is 54.3 Å². The zero-order valence-electron chi connectivity index (χ0n) is 10.3. The van der Waals surface area contributed by atoms with Crippen molar-refractivity contribution in [1.29, 1.82) is 0 Å². The Labute approximate surface area is 96.3 Å². The molecular weight excluding hydrogens is 204 g/mol. The summed E-state index contributed by atoms with van der Waals surface area (Å²) in [5, 5.41) is 12.3. The lowest BCUT2D eigenvalue weighted by molar-refractivity contribution is 0.0864. The lowest BCUT2D eigenvalue weighted by atomic mass is 10.1. The quantitative estimate of drug-likeness (QED) is 0.804. The van der Waals surface area contributed by atoms with Gasteiger partial charge in [0.05, 0.1) is 6.10 Å². The van der Waals surface area contributed by atoms with Gasteiger partial charge in [0, 0.05) is 19.3 Å². The van der Waals surface area contributed by atoms with Gasteiger partial charge in [0.15, 0.2) is 0 Å². The average Bonchev–Trinajstić information content (AvgIpc) is 2.55. The molecule has 1 aromatic rings. The van der Waals surface area contributed by atoms with Crippen molar-refractivity contribution >= 4 is 5.91 Å². The third-order valence-electron chi connectivity index (χ3n) is 2.85. The first kappa shape index (κ1) is 12.8. The Morgan fingerprint density at radius 2 is 2.12 bits per heavy atom. The van der Waals surface area contributed by atoms with E-state index < -0.39 is 6.10 Å². The van der Waals surface area contributed by atoms with Gasteiger partial charge in [0.1, 0.15) is 5.69 Å². The largest absolute Gasteiger partial charge is 0.391 e. The minimum absolute atomic E-state index is 0.143. The molecule has 4 heteroatoms. The molecule has 0 aromatic carbocycles. The van der Waals surface area contributed by atoms with Gasteiger partial charge in [-0.1, -0.05) is 13.8 Å². The summed E-state index contributed by atoms with van der Waals surface area (Å²) < 4.78 is 1.83. The zero-order chi connectivity index (χ0) is 12.3. The van der Waals surface area contributed by atoms with E-state index in [-0.39, 0.29) is 11.8 Å².